The summed E-state index contributed by atoms with van der Waals surface area (Å²) in [5.41, 5.74) is 15.7. The van der Waals surface area contributed by atoms with Gasteiger partial charge in [0.2, 0.25) is 0 Å². The van der Waals surface area contributed by atoms with E-state index in [0.29, 0.717) is 0 Å². The Morgan fingerprint density at radius 3 is 1.85 bits per heavy atom. The Bertz CT molecular complexity index is 3360. The van der Waals surface area contributed by atoms with Gasteiger partial charge in [-0.2, -0.15) is 0 Å². The van der Waals surface area contributed by atoms with Crippen LogP contribution < -0.4 is 0 Å². The summed E-state index contributed by atoms with van der Waals surface area (Å²) in [7, 11) is 0. The molecule has 0 radical (unpaired) electrons. The SMILES string of the molecule is CC1(C)c2cc(-c3ccc4c(c3)c3cc(-c5ccc6oc7ccccc7c6c5)ccc3n4-c3ccccc3)ccc2-c2c1ccc1c2sc2ccccc21. The maximum atomic E-state index is 6.17. The predicted molar refractivity (Wildman–Crippen MR) is 229 cm³/mol. The highest BCUT2D eigenvalue weighted by molar-refractivity contribution is 7.26. The molecule has 0 unspecified atom stereocenters. The molecule has 0 fully saturated rings. The molecule has 54 heavy (non-hydrogen) atoms. The number of para-hydroxylation sites is 2. The molecule has 0 N–H and O–H groups in total. The number of thiophene rings is 1. The minimum absolute atomic E-state index is 0.102. The normalized spacial score (nSPS) is 13.5. The minimum atomic E-state index is -0.102. The topological polar surface area (TPSA) is 18.1 Å². The molecule has 0 aliphatic heterocycles. The quantitative estimate of drug-likeness (QED) is 0.179. The van der Waals surface area contributed by atoms with Crippen LogP contribution in [0.4, 0.5) is 0 Å². The smallest absolute Gasteiger partial charge is 0.135 e. The first-order valence-electron chi connectivity index (χ1n) is 18.7. The Kier molecular flexibility index (Phi) is 6.03. The van der Waals surface area contributed by atoms with Crippen LogP contribution in [-0.2, 0) is 5.41 Å². The highest BCUT2D eigenvalue weighted by Gasteiger charge is 2.37. The second kappa shape index (κ2) is 10.8. The molecule has 0 saturated carbocycles. The molecule has 0 atom stereocenters. The van der Waals surface area contributed by atoms with Crippen molar-refractivity contribution in [3.63, 3.8) is 0 Å². The average Bonchev–Trinajstić information content (AvgIpc) is 3.94. The second-order valence-corrected chi connectivity index (χ2v) is 16.3. The number of hydrogen-bond donors (Lipinski definition) is 0. The number of nitrogens with zero attached hydrogens (tertiary/aromatic N) is 1. The maximum absolute atomic E-state index is 6.17. The first-order chi connectivity index (χ1) is 26.5. The fraction of sp³-hybridized carbons (Fsp3) is 0.0588. The van der Waals surface area contributed by atoms with E-state index < -0.39 is 0 Å². The molecule has 1 aliphatic carbocycles. The van der Waals surface area contributed by atoms with Crippen LogP contribution in [0.3, 0.4) is 0 Å². The summed E-state index contributed by atoms with van der Waals surface area (Å²) in [6.07, 6.45) is 0. The van der Waals surface area contributed by atoms with Crippen molar-refractivity contribution in [1.82, 2.24) is 4.57 Å². The predicted octanol–water partition coefficient (Wildman–Crippen LogP) is 14.7. The number of rotatable bonds is 3. The average molecular weight is 708 g/mol. The molecule has 3 heteroatoms. The van der Waals surface area contributed by atoms with Crippen molar-refractivity contribution in [1.29, 1.82) is 0 Å². The molecule has 8 aromatic carbocycles. The number of fused-ring (bicyclic) bond motifs is 13. The first-order valence-corrected chi connectivity index (χ1v) is 19.5. The van der Waals surface area contributed by atoms with Crippen molar-refractivity contribution < 1.29 is 4.42 Å². The molecule has 12 rings (SSSR count). The molecule has 3 aromatic heterocycles. The summed E-state index contributed by atoms with van der Waals surface area (Å²) < 4.78 is 11.3. The van der Waals surface area contributed by atoms with Gasteiger partial charge >= 0.3 is 0 Å². The van der Waals surface area contributed by atoms with Crippen molar-refractivity contribution in [3.8, 4) is 39.1 Å². The molecule has 1 aliphatic rings. The zero-order chi connectivity index (χ0) is 35.7. The number of furan rings is 1. The summed E-state index contributed by atoms with van der Waals surface area (Å²) in [5, 5.41) is 7.50. The Morgan fingerprint density at radius 1 is 0.463 bits per heavy atom. The van der Waals surface area contributed by atoms with Crippen molar-refractivity contribution in [2.45, 2.75) is 19.3 Å². The molecular weight excluding hydrogens is 675 g/mol. The van der Waals surface area contributed by atoms with Crippen LogP contribution in [0.25, 0.3) is 103 Å². The largest absolute Gasteiger partial charge is 0.456 e. The van der Waals surface area contributed by atoms with Gasteiger partial charge in [-0.15, -0.1) is 11.3 Å². The Balaban J connectivity index is 1.04. The molecule has 0 bridgehead atoms. The monoisotopic (exact) mass is 707 g/mol. The van der Waals surface area contributed by atoms with Crippen LogP contribution in [-0.4, -0.2) is 4.57 Å². The van der Waals surface area contributed by atoms with E-state index in [1.807, 2.05) is 23.5 Å². The highest BCUT2D eigenvalue weighted by atomic mass is 32.1. The van der Waals surface area contributed by atoms with E-state index in [0.717, 1.165) is 27.6 Å². The van der Waals surface area contributed by atoms with E-state index in [9.17, 15) is 0 Å². The van der Waals surface area contributed by atoms with Gasteiger partial charge in [0, 0.05) is 58.4 Å². The van der Waals surface area contributed by atoms with E-state index in [2.05, 4.69) is 170 Å². The van der Waals surface area contributed by atoms with Crippen molar-refractivity contribution in [2.24, 2.45) is 0 Å². The second-order valence-electron chi connectivity index (χ2n) is 15.3. The summed E-state index contributed by atoms with van der Waals surface area (Å²) in [4.78, 5) is 0. The molecule has 0 amide bonds. The Morgan fingerprint density at radius 2 is 1.07 bits per heavy atom. The minimum Gasteiger partial charge on any atom is -0.456 e. The third kappa shape index (κ3) is 4.10. The van der Waals surface area contributed by atoms with Crippen molar-refractivity contribution in [2.75, 3.05) is 0 Å². The van der Waals surface area contributed by atoms with Crippen LogP contribution in [0.1, 0.15) is 25.0 Å². The first kappa shape index (κ1) is 30.1. The van der Waals surface area contributed by atoms with Crippen LogP contribution in [0, 0.1) is 0 Å². The summed E-state index contributed by atoms with van der Waals surface area (Å²) >= 11 is 1.93. The highest BCUT2D eigenvalue weighted by Crippen LogP contribution is 2.54. The fourth-order valence-electron chi connectivity index (χ4n) is 9.32. The van der Waals surface area contributed by atoms with E-state index in [-0.39, 0.29) is 5.41 Å². The lowest BCUT2D eigenvalue weighted by Crippen LogP contribution is -2.14. The standard InChI is InChI=1S/C51H33NOS/c1-51(2)42-22-21-37-36-13-7-9-15-48(36)54-50(37)49(42)38-20-16-33(29-43(38)51)31-18-24-45-40(27-31)39-26-30(17-23-44(39)52(45)34-10-4-3-5-11-34)32-19-25-47-41(28-32)35-12-6-8-14-46(35)53-47/h3-29H,1-2H3. The van der Waals surface area contributed by atoms with Crippen molar-refractivity contribution >= 4 is 75.3 Å². The zero-order valence-corrected chi connectivity index (χ0v) is 30.7. The van der Waals surface area contributed by atoms with Gasteiger partial charge in [0.25, 0.3) is 0 Å². The number of benzene rings is 8. The van der Waals surface area contributed by atoms with Gasteiger partial charge in [-0.25, -0.2) is 0 Å². The molecule has 0 saturated heterocycles. The molecule has 3 heterocycles. The van der Waals surface area contributed by atoms with Gasteiger partial charge < -0.3 is 8.98 Å². The lowest BCUT2D eigenvalue weighted by atomic mass is 9.81. The molecule has 2 nitrogen and oxygen atoms in total. The van der Waals surface area contributed by atoms with Crippen molar-refractivity contribution in [3.05, 3.63) is 175 Å². The van der Waals surface area contributed by atoms with Gasteiger partial charge in [0.15, 0.2) is 0 Å². The third-order valence-electron chi connectivity index (χ3n) is 12.0. The van der Waals surface area contributed by atoms with E-state index >= 15 is 0 Å². The third-order valence-corrected chi connectivity index (χ3v) is 13.2. The zero-order valence-electron chi connectivity index (χ0n) is 29.9. The summed E-state index contributed by atoms with van der Waals surface area (Å²) in [5.74, 6) is 0. The summed E-state index contributed by atoms with van der Waals surface area (Å²) in [6, 6.07) is 60.3. The maximum Gasteiger partial charge on any atom is 0.135 e. The fourth-order valence-corrected chi connectivity index (χ4v) is 10.6. The molecular formula is C51H33NOS. The van der Waals surface area contributed by atoms with Gasteiger partial charge in [-0.3, -0.25) is 0 Å². The number of aromatic nitrogens is 1. The van der Waals surface area contributed by atoms with Crippen LogP contribution in [0.5, 0.6) is 0 Å². The number of hydrogen-bond acceptors (Lipinski definition) is 2. The van der Waals surface area contributed by atoms with E-state index in [1.165, 1.54) is 86.5 Å². The van der Waals surface area contributed by atoms with Crippen LogP contribution >= 0.6 is 11.3 Å². The van der Waals surface area contributed by atoms with Crippen LogP contribution in [0.2, 0.25) is 0 Å². The van der Waals surface area contributed by atoms with Crippen LogP contribution in [0.15, 0.2) is 168 Å². The van der Waals surface area contributed by atoms with Gasteiger partial charge in [0.1, 0.15) is 11.2 Å². The van der Waals surface area contributed by atoms with E-state index in [4.69, 9.17) is 4.42 Å². The lowest BCUT2D eigenvalue weighted by molar-refractivity contribution is 0.661. The van der Waals surface area contributed by atoms with Gasteiger partial charge in [-0.05, 0) is 106 Å². The molecule has 0 spiro atoms. The van der Waals surface area contributed by atoms with Gasteiger partial charge in [0.05, 0.1) is 11.0 Å². The Labute approximate surface area is 316 Å². The lowest BCUT2D eigenvalue weighted by Gasteiger charge is -2.22. The molecule has 11 aromatic rings. The van der Waals surface area contributed by atoms with Gasteiger partial charge in [-0.1, -0.05) is 111 Å². The Hall–Kier alpha value is -6.42. The van der Waals surface area contributed by atoms with E-state index in [1.54, 1.807) is 0 Å². The summed E-state index contributed by atoms with van der Waals surface area (Å²) in [6.45, 7) is 4.78. The molecule has 254 valence electrons.